The van der Waals surface area contributed by atoms with Gasteiger partial charge in [-0.1, -0.05) is 12.1 Å². The minimum absolute atomic E-state index is 0.708. The van der Waals surface area contributed by atoms with E-state index in [4.69, 9.17) is 4.42 Å². The van der Waals surface area contributed by atoms with Crippen LogP contribution in [0.1, 0.15) is 31.2 Å². The van der Waals surface area contributed by atoms with Gasteiger partial charge in [-0.2, -0.15) is 0 Å². The predicted octanol–water partition coefficient (Wildman–Crippen LogP) is 1.65. The minimum Gasteiger partial charge on any atom is -0.468 e. The summed E-state index contributed by atoms with van der Waals surface area (Å²) in [5, 5.41) is 11.6. The molecule has 0 radical (unpaired) electrons. The molecule has 1 fully saturated rings. The molecule has 6 nitrogen and oxygen atoms in total. The fraction of sp³-hybridized carbons (Fsp3) is 0.600. The molecule has 0 aromatic carbocycles. The summed E-state index contributed by atoms with van der Waals surface area (Å²) in [6.45, 7) is 6.57. The Labute approximate surface area is 125 Å². The van der Waals surface area contributed by atoms with Crippen LogP contribution in [0.25, 0.3) is 0 Å². The van der Waals surface area contributed by atoms with E-state index in [1.165, 1.54) is 12.8 Å². The fourth-order valence-corrected chi connectivity index (χ4v) is 2.45. The molecule has 1 aliphatic carbocycles. The van der Waals surface area contributed by atoms with E-state index in [1.54, 1.807) is 6.26 Å². The molecule has 1 N–H and O–H groups in total. The number of furan rings is 1. The molecular formula is C15H23N5O. The summed E-state index contributed by atoms with van der Waals surface area (Å²) in [6.07, 6.45) is 6.36. The number of rotatable bonds is 9. The van der Waals surface area contributed by atoms with E-state index in [9.17, 15) is 0 Å². The van der Waals surface area contributed by atoms with Crippen LogP contribution in [0, 0.1) is 0 Å². The van der Waals surface area contributed by atoms with Crippen molar-refractivity contribution < 1.29 is 4.42 Å². The van der Waals surface area contributed by atoms with Gasteiger partial charge in [0.1, 0.15) is 5.76 Å². The van der Waals surface area contributed by atoms with Crippen LogP contribution in [0.15, 0.2) is 29.0 Å². The van der Waals surface area contributed by atoms with Crippen molar-refractivity contribution in [1.29, 1.82) is 0 Å². The highest BCUT2D eigenvalue weighted by Gasteiger charge is 2.29. The molecule has 3 rings (SSSR count). The highest BCUT2D eigenvalue weighted by atomic mass is 16.3. The van der Waals surface area contributed by atoms with Crippen molar-refractivity contribution in [3.63, 3.8) is 0 Å². The second-order valence-corrected chi connectivity index (χ2v) is 5.53. The van der Waals surface area contributed by atoms with Gasteiger partial charge in [0.05, 0.1) is 25.0 Å². The second kappa shape index (κ2) is 6.87. The number of hydrogen-bond acceptors (Lipinski definition) is 5. The van der Waals surface area contributed by atoms with E-state index in [1.807, 2.05) is 23.0 Å². The van der Waals surface area contributed by atoms with Crippen molar-refractivity contribution in [3.8, 4) is 0 Å². The van der Waals surface area contributed by atoms with Crippen molar-refractivity contribution in [3.05, 3.63) is 36.0 Å². The average molecular weight is 289 g/mol. The molecule has 0 spiro atoms. The van der Waals surface area contributed by atoms with Crippen molar-refractivity contribution in [1.82, 2.24) is 25.2 Å². The maximum Gasteiger partial charge on any atom is 0.117 e. The lowest BCUT2D eigenvalue weighted by Crippen LogP contribution is -2.29. The highest BCUT2D eigenvalue weighted by Crippen LogP contribution is 2.28. The number of nitrogens with zero attached hydrogens (tertiary/aromatic N) is 4. The van der Waals surface area contributed by atoms with E-state index < -0.39 is 0 Å². The van der Waals surface area contributed by atoms with Gasteiger partial charge in [-0.3, -0.25) is 9.58 Å². The van der Waals surface area contributed by atoms with Gasteiger partial charge < -0.3 is 9.73 Å². The topological polar surface area (TPSA) is 59.1 Å². The molecule has 0 saturated heterocycles. The molecule has 2 aromatic rings. The smallest absolute Gasteiger partial charge is 0.117 e. The first-order valence-corrected chi connectivity index (χ1v) is 7.71. The lowest BCUT2D eigenvalue weighted by atomic mass is 10.3. The molecule has 0 unspecified atom stereocenters. The molecular weight excluding hydrogens is 266 g/mol. The van der Waals surface area contributed by atoms with Crippen LogP contribution in [-0.2, 0) is 19.6 Å². The van der Waals surface area contributed by atoms with E-state index in [0.29, 0.717) is 6.04 Å². The van der Waals surface area contributed by atoms with E-state index in [2.05, 4.69) is 27.5 Å². The van der Waals surface area contributed by atoms with E-state index >= 15 is 0 Å². The quantitative estimate of drug-likeness (QED) is 0.760. The third-order valence-electron chi connectivity index (χ3n) is 3.76. The summed E-state index contributed by atoms with van der Waals surface area (Å²) < 4.78 is 7.39. The molecule has 2 aromatic heterocycles. The lowest BCUT2D eigenvalue weighted by molar-refractivity contribution is 0.221. The Balaban J connectivity index is 1.50. The third kappa shape index (κ3) is 4.15. The predicted molar refractivity (Wildman–Crippen MR) is 79.5 cm³/mol. The van der Waals surface area contributed by atoms with Crippen LogP contribution in [0.2, 0.25) is 0 Å². The maximum atomic E-state index is 5.46. The van der Waals surface area contributed by atoms with Crippen LogP contribution in [-0.4, -0.2) is 39.0 Å². The van der Waals surface area contributed by atoms with Crippen LogP contribution in [0.3, 0.4) is 0 Å². The van der Waals surface area contributed by atoms with E-state index in [0.717, 1.165) is 44.2 Å². The van der Waals surface area contributed by atoms with Gasteiger partial charge in [-0.15, -0.1) is 5.10 Å². The monoisotopic (exact) mass is 289 g/mol. The van der Waals surface area contributed by atoms with Crippen molar-refractivity contribution in [2.75, 3.05) is 13.1 Å². The zero-order chi connectivity index (χ0) is 14.5. The Morgan fingerprint density at radius 3 is 3.10 bits per heavy atom. The van der Waals surface area contributed by atoms with Crippen molar-refractivity contribution in [2.24, 2.45) is 0 Å². The molecule has 0 aliphatic heterocycles. The largest absolute Gasteiger partial charge is 0.468 e. The molecule has 2 heterocycles. The zero-order valence-electron chi connectivity index (χ0n) is 12.5. The molecule has 0 amide bonds. The van der Waals surface area contributed by atoms with Gasteiger partial charge in [-0.05, 0) is 31.5 Å². The fourth-order valence-electron chi connectivity index (χ4n) is 2.45. The van der Waals surface area contributed by atoms with Gasteiger partial charge in [0.15, 0.2) is 0 Å². The summed E-state index contributed by atoms with van der Waals surface area (Å²) in [5.74, 6) is 1.04. The third-order valence-corrected chi connectivity index (χ3v) is 3.76. The van der Waals surface area contributed by atoms with Gasteiger partial charge in [0.25, 0.3) is 0 Å². The van der Waals surface area contributed by atoms with Crippen LogP contribution >= 0.6 is 0 Å². The first kappa shape index (κ1) is 14.3. The molecule has 21 heavy (non-hydrogen) atoms. The Kier molecular flexibility index (Phi) is 4.67. The number of hydrogen-bond donors (Lipinski definition) is 1. The Bertz CT molecular complexity index is 532. The summed E-state index contributed by atoms with van der Waals surface area (Å²) in [6, 6.07) is 4.70. The summed E-state index contributed by atoms with van der Waals surface area (Å²) >= 11 is 0. The second-order valence-electron chi connectivity index (χ2n) is 5.53. The van der Waals surface area contributed by atoms with Crippen molar-refractivity contribution >= 4 is 0 Å². The first-order valence-electron chi connectivity index (χ1n) is 7.71. The molecule has 114 valence electrons. The Morgan fingerprint density at radius 1 is 1.48 bits per heavy atom. The molecule has 1 saturated carbocycles. The lowest BCUT2D eigenvalue weighted by Gasteiger charge is -2.20. The van der Waals surface area contributed by atoms with Gasteiger partial charge >= 0.3 is 0 Å². The van der Waals surface area contributed by atoms with Gasteiger partial charge in [0, 0.05) is 25.3 Å². The molecule has 1 aliphatic rings. The SMILES string of the molecule is CCNCc1cn(CCN(Cc2ccco2)C2CC2)nn1. The van der Waals surface area contributed by atoms with Gasteiger partial charge in [-0.25, -0.2) is 0 Å². The summed E-state index contributed by atoms with van der Waals surface area (Å²) in [4.78, 5) is 2.48. The standard InChI is InChI=1S/C15H23N5O/c1-2-16-10-13-11-20(18-17-13)8-7-19(14-5-6-14)12-15-4-3-9-21-15/h3-4,9,11,14,16H,2,5-8,10,12H2,1H3. The maximum absolute atomic E-state index is 5.46. The summed E-state index contributed by atoms with van der Waals surface area (Å²) in [5.41, 5.74) is 1.00. The average Bonchev–Trinajstić information content (AvgIpc) is 3.03. The molecule has 0 bridgehead atoms. The summed E-state index contributed by atoms with van der Waals surface area (Å²) in [7, 11) is 0. The van der Waals surface area contributed by atoms with Crippen LogP contribution in [0.4, 0.5) is 0 Å². The number of aromatic nitrogens is 3. The zero-order valence-corrected chi connectivity index (χ0v) is 12.5. The Morgan fingerprint density at radius 2 is 2.38 bits per heavy atom. The van der Waals surface area contributed by atoms with Gasteiger partial charge in [0.2, 0.25) is 0 Å². The highest BCUT2D eigenvalue weighted by molar-refractivity contribution is 5.00. The van der Waals surface area contributed by atoms with Crippen molar-refractivity contribution in [2.45, 2.75) is 45.4 Å². The van der Waals surface area contributed by atoms with Crippen LogP contribution < -0.4 is 5.32 Å². The first-order chi connectivity index (χ1) is 10.3. The van der Waals surface area contributed by atoms with E-state index in [-0.39, 0.29) is 0 Å². The number of nitrogens with one attached hydrogen (secondary N) is 1. The minimum atomic E-state index is 0.708. The normalized spacial score (nSPS) is 15.0. The Hall–Kier alpha value is -1.66. The van der Waals surface area contributed by atoms with Crippen LogP contribution in [0.5, 0.6) is 0 Å². The molecule has 6 heteroatoms. The molecule has 0 atom stereocenters.